The largest absolute Gasteiger partial charge is 0.368 e. The van der Waals surface area contributed by atoms with Gasteiger partial charge in [-0.15, -0.1) is 5.10 Å². The standard InChI is InChI=1S/C23H24Cl2N6O2/c1-2-19-27-22(28-31(19)21-17(24)9-6-10-18(21)25)23(33)26-15-20(32)30-13-11-29(12-14-30)16-7-4-3-5-8-16/h3-10H,2,11-15H2,1H3,(H,26,33). The Kier molecular flexibility index (Phi) is 7.15. The molecule has 2 aromatic carbocycles. The van der Waals surface area contributed by atoms with Gasteiger partial charge in [-0.1, -0.05) is 54.4 Å². The lowest BCUT2D eigenvalue weighted by molar-refractivity contribution is -0.130. The molecule has 0 radical (unpaired) electrons. The lowest BCUT2D eigenvalue weighted by atomic mass is 10.2. The number of piperazine rings is 1. The zero-order valence-electron chi connectivity index (χ0n) is 18.2. The summed E-state index contributed by atoms with van der Waals surface area (Å²) in [5, 5.41) is 7.74. The van der Waals surface area contributed by atoms with Gasteiger partial charge in [0.2, 0.25) is 11.7 Å². The van der Waals surface area contributed by atoms with Crippen molar-refractivity contribution in [1.82, 2.24) is 25.0 Å². The molecule has 33 heavy (non-hydrogen) atoms. The summed E-state index contributed by atoms with van der Waals surface area (Å²) in [6.07, 6.45) is 0.520. The number of aromatic nitrogens is 3. The topological polar surface area (TPSA) is 83.4 Å². The first-order chi connectivity index (χ1) is 16.0. The molecule has 0 bridgehead atoms. The van der Waals surface area contributed by atoms with Gasteiger partial charge in [-0.2, -0.15) is 0 Å². The van der Waals surface area contributed by atoms with Crippen molar-refractivity contribution in [3.8, 4) is 5.69 Å². The van der Waals surface area contributed by atoms with E-state index in [4.69, 9.17) is 23.2 Å². The van der Waals surface area contributed by atoms with Crippen molar-refractivity contribution in [2.24, 2.45) is 0 Å². The van der Waals surface area contributed by atoms with E-state index in [9.17, 15) is 9.59 Å². The highest BCUT2D eigenvalue weighted by atomic mass is 35.5. The average molecular weight is 487 g/mol. The van der Waals surface area contributed by atoms with Gasteiger partial charge in [0.05, 0.1) is 16.6 Å². The molecule has 1 N–H and O–H groups in total. The Morgan fingerprint density at radius 2 is 1.64 bits per heavy atom. The zero-order chi connectivity index (χ0) is 23.4. The van der Waals surface area contributed by atoms with Crippen LogP contribution in [0.1, 0.15) is 23.4 Å². The van der Waals surface area contributed by atoms with Crippen molar-refractivity contribution in [2.45, 2.75) is 13.3 Å². The molecular formula is C23H24Cl2N6O2. The first-order valence-electron chi connectivity index (χ1n) is 10.7. The van der Waals surface area contributed by atoms with Crippen LogP contribution in [-0.2, 0) is 11.2 Å². The van der Waals surface area contributed by atoms with Gasteiger partial charge >= 0.3 is 0 Å². The molecule has 1 saturated heterocycles. The molecule has 1 fully saturated rings. The van der Waals surface area contributed by atoms with Crippen LogP contribution in [0.5, 0.6) is 0 Å². The van der Waals surface area contributed by atoms with Gasteiger partial charge in [-0.3, -0.25) is 9.59 Å². The van der Waals surface area contributed by atoms with Gasteiger partial charge in [0.1, 0.15) is 11.5 Å². The number of amides is 2. The monoisotopic (exact) mass is 486 g/mol. The predicted octanol–water partition coefficient (Wildman–Crippen LogP) is 3.22. The molecule has 3 aromatic rings. The maximum absolute atomic E-state index is 12.7. The summed E-state index contributed by atoms with van der Waals surface area (Å²) in [6.45, 7) is 4.46. The number of anilines is 1. The number of para-hydroxylation sites is 2. The summed E-state index contributed by atoms with van der Waals surface area (Å²) in [7, 11) is 0. The Morgan fingerprint density at radius 3 is 2.27 bits per heavy atom. The number of carbonyl (C=O) groups is 2. The number of rotatable bonds is 6. The molecule has 10 heteroatoms. The fourth-order valence-electron chi connectivity index (χ4n) is 3.74. The molecular weight excluding hydrogens is 463 g/mol. The molecule has 2 amide bonds. The van der Waals surface area contributed by atoms with Crippen LogP contribution in [0.25, 0.3) is 5.69 Å². The van der Waals surface area contributed by atoms with Crippen LogP contribution in [0.2, 0.25) is 10.0 Å². The number of carbonyl (C=O) groups excluding carboxylic acids is 2. The number of nitrogens with one attached hydrogen (secondary N) is 1. The zero-order valence-corrected chi connectivity index (χ0v) is 19.7. The highest BCUT2D eigenvalue weighted by Gasteiger charge is 2.23. The molecule has 1 aliphatic rings. The van der Waals surface area contributed by atoms with Crippen LogP contribution in [0.3, 0.4) is 0 Å². The molecule has 0 unspecified atom stereocenters. The SMILES string of the molecule is CCc1nc(C(=O)NCC(=O)N2CCN(c3ccccc3)CC2)nn1-c1c(Cl)cccc1Cl. The molecule has 0 aliphatic carbocycles. The van der Waals surface area contributed by atoms with Crippen molar-refractivity contribution in [2.75, 3.05) is 37.6 Å². The lowest BCUT2D eigenvalue weighted by Crippen LogP contribution is -2.51. The van der Waals surface area contributed by atoms with Crippen LogP contribution in [0.15, 0.2) is 48.5 Å². The number of hydrogen-bond donors (Lipinski definition) is 1. The van der Waals surface area contributed by atoms with Crippen molar-refractivity contribution in [1.29, 1.82) is 0 Å². The fourth-order valence-corrected chi connectivity index (χ4v) is 4.30. The number of nitrogens with zero attached hydrogens (tertiary/aromatic N) is 5. The fraction of sp³-hybridized carbons (Fsp3) is 0.304. The number of aryl methyl sites for hydroxylation is 1. The second-order valence-corrected chi connectivity index (χ2v) is 8.39. The van der Waals surface area contributed by atoms with E-state index in [2.05, 4.69) is 32.4 Å². The van der Waals surface area contributed by atoms with E-state index in [-0.39, 0.29) is 18.3 Å². The van der Waals surface area contributed by atoms with E-state index in [1.54, 1.807) is 23.1 Å². The van der Waals surface area contributed by atoms with E-state index in [0.717, 1.165) is 18.8 Å². The quantitative estimate of drug-likeness (QED) is 0.578. The van der Waals surface area contributed by atoms with Crippen molar-refractivity contribution < 1.29 is 9.59 Å². The summed E-state index contributed by atoms with van der Waals surface area (Å²) in [5.41, 5.74) is 1.61. The summed E-state index contributed by atoms with van der Waals surface area (Å²) < 4.78 is 1.48. The van der Waals surface area contributed by atoms with E-state index in [0.29, 0.717) is 41.1 Å². The minimum Gasteiger partial charge on any atom is -0.368 e. The Labute approximate surface area is 202 Å². The van der Waals surface area contributed by atoms with Crippen LogP contribution in [0.4, 0.5) is 5.69 Å². The molecule has 8 nitrogen and oxygen atoms in total. The van der Waals surface area contributed by atoms with Gasteiger partial charge in [0.25, 0.3) is 5.91 Å². The van der Waals surface area contributed by atoms with E-state index < -0.39 is 5.91 Å². The summed E-state index contributed by atoms with van der Waals surface area (Å²) in [4.78, 5) is 33.6. The Hall–Kier alpha value is -3.10. The number of hydrogen-bond acceptors (Lipinski definition) is 5. The second kappa shape index (κ2) is 10.2. The van der Waals surface area contributed by atoms with E-state index in [1.165, 1.54) is 4.68 Å². The predicted molar refractivity (Wildman–Crippen MR) is 128 cm³/mol. The first kappa shape index (κ1) is 23.1. The Bertz CT molecular complexity index is 1120. The van der Waals surface area contributed by atoms with Crippen molar-refractivity contribution >= 4 is 40.7 Å². The smallest absolute Gasteiger partial charge is 0.291 e. The Balaban J connectivity index is 1.36. The molecule has 2 heterocycles. The van der Waals surface area contributed by atoms with Crippen molar-refractivity contribution in [3.63, 3.8) is 0 Å². The minimum atomic E-state index is -0.525. The molecule has 0 saturated carbocycles. The van der Waals surface area contributed by atoms with E-state index >= 15 is 0 Å². The van der Waals surface area contributed by atoms with Crippen LogP contribution in [-0.4, -0.2) is 64.2 Å². The highest BCUT2D eigenvalue weighted by molar-refractivity contribution is 6.37. The summed E-state index contributed by atoms with van der Waals surface area (Å²) in [5.74, 6) is -0.161. The van der Waals surface area contributed by atoms with Crippen LogP contribution in [0, 0.1) is 0 Å². The van der Waals surface area contributed by atoms with Crippen molar-refractivity contribution in [3.05, 3.63) is 70.2 Å². The minimum absolute atomic E-state index is 0.0375. The summed E-state index contributed by atoms with van der Waals surface area (Å²) in [6, 6.07) is 15.2. The van der Waals surface area contributed by atoms with Gasteiger partial charge < -0.3 is 15.1 Å². The number of halogens is 2. The summed E-state index contributed by atoms with van der Waals surface area (Å²) >= 11 is 12.6. The third-order valence-electron chi connectivity index (χ3n) is 5.50. The maximum Gasteiger partial charge on any atom is 0.291 e. The average Bonchev–Trinajstić information content (AvgIpc) is 3.27. The molecule has 172 valence electrons. The highest BCUT2D eigenvalue weighted by Crippen LogP contribution is 2.28. The van der Waals surface area contributed by atoms with Gasteiger partial charge in [-0.05, 0) is 24.3 Å². The molecule has 0 spiro atoms. The third kappa shape index (κ3) is 5.12. The van der Waals surface area contributed by atoms with Gasteiger partial charge in [0, 0.05) is 38.3 Å². The van der Waals surface area contributed by atoms with Crippen LogP contribution >= 0.6 is 23.2 Å². The Morgan fingerprint density at radius 1 is 0.970 bits per heavy atom. The molecule has 4 rings (SSSR count). The van der Waals surface area contributed by atoms with E-state index in [1.807, 2.05) is 25.1 Å². The van der Waals surface area contributed by atoms with Gasteiger partial charge in [-0.25, -0.2) is 9.67 Å². The maximum atomic E-state index is 12.7. The molecule has 1 aromatic heterocycles. The van der Waals surface area contributed by atoms with Crippen LogP contribution < -0.4 is 10.2 Å². The molecule has 1 aliphatic heterocycles. The first-order valence-corrected chi connectivity index (χ1v) is 11.5. The third-order valence-corrected chi connectivity index (χ3v) is 6.11. The van der Waals surface area contributed by atoms with Gasteiger partial charge in [0.15, 0.2) is 0 Å². The second-order valence-electron chi connectivity index (χ2n) is 7.57. The molecule has 0 atom stereocenters. The number of benzene rings is 2. The normalized spacial score (nSPS) is 13.8. The lowest BCUT2D eigenvalue weighted by Gasteiger charge is -2.36.